The molecular weight excluding hydrogens is 280 g/mol. The Morgan fingerprint density at radius 2 is 2.33 bits per heavy atom. The van der Waals surface area contributed by atoms with Crippen LogP contribution in [0.3, 0.4) is 0 Å². The first-order valence-electron chi connectivity index (χ1n) is 7.58. The number of likely N-dealkylation sites (tertiary alicyclic amines) is 1. The van der Waals surface area contributed by atoms with E-state index in [4.69, 9.17) is 0 Å². The molecule has 3 heterocycles. The Labute approximate surface area is 130 Å². The highest BCUT2D eigenvalue weighted by atomic mass is 32.1. The average molecular weight is 302 g/mol. The smallest absolute Gasteiger partial charge is 0.182 e. The van der Waals surface area contributed by atoms with Crippen molar-refractivity contribution in [3.05, 3.63) is 41.2 Å². The first-order chi connectivity index (χ1) is 10.3. The lowest BCUT2D eigenvalue weighted by molar-refractivity contribution is 0.167. The molecule has 0 bridgehead atoms. The van der Waals surface area contributed by atoms with E-state index in [9.17, 15) is 0 Å². The molecule has 4 nitrogen and oxygen atoms in total. The zero-order chi connectivity index (χ0) is 14.5. The van der Waals surface area contributed by atoms with Gasteiger partial charge in [-0.2, -0.15) is 0 Å². The Bertz CT molecular complexity index is 554. The summed E-state index contributed by atoms with van der Waals surface area (Å²) >= 11 is 1.76. The van der Waals surface area contributed by atoms with Crippen molar-refractivity contribution >= 4 is 16.5 Å². The Morgan fingerprint density at radius 1 is 1.38 bits per heavy atom. The maximum absolute atomic E-state index is 4.46. The predicted molar refractivity (Wildman–Crippen MR) is 87.6 cm³/mol. The minimum absolute atomic E-state index is 0.727. The molecule has 2 aromatic heterocycles. The number of thiazole rings is 1. The molecule has 1 saturated heterocycles. The SMILES string of the molecule is CNc1ncc(CN2CCCC(Cc3ccccn3)C2)s1. The fourth-order valence-electron chi connectivity index (χ4n) is 2.99. The molecule has 1 aliphatic rings. The summed E-state index contributed by atoms with van der Waals surface area (Å²) in [4.78, 5) is 12.7. The van der Waals surface area contributed by atoms with Gasteiger partial charge in [-0.05, 0) is 43.9 Å². The number of nitrogens with zero attached hydrogens (tertiary/aromatic N) is 3. The lowest BCUT2D eigenvalue weighted by Crippen LogP contribution is -2.35. The zero-order valence-corrected chi connectivity index (χ0v) is 13.3. The fraction of sp³-hybridized carbons (Fsp3) is 0.500. The van der Waals surface area contributed by atoms with Crippen LogP contribution in [0.1, 0.15) is 23.4 Å². The molecule has 1 N–H and O–H groups in total. The van der Waals surface area contributed by atoms with Crippen molar-refractivity contribution in [3.63, 3.8) is 0 Å². The van der Waals surface area contributed by atoms with Crippen LogP contribution in [0.15, 0.2) is 30.6 Å². The maximum Gasteiger partial charge on any atom is 0.182 e. The minimum atomic E-state index is 0.727. The molecular formula is C16H22N4S. The van der Waals surface area contributed by atoms with Crippen LogP contribution in [0.2, 0.25) is 0 Å². The van der Waals surface area contributed by atoms with Gasteiger partial charge in [0.2, 0.25) is 0 Å². The van der Waals surface area contributed by atoms with Crippen molar-refractivity contribution in [1.29, 1.82) is 0 Å². The van der Waals surface area contributed by atoms with Gasteiger partial charge < -0.3 is 5.32 Å². The number of hydrogen-bond donors (Lipinski definition) is 1. The lowest BCUT2D eigenvalue weighted by atomic mass is 9.93. The molecule has 2 aromatic rings. The summed E-state index contributed by atoms with van der Waals surface area (Å²) in [5.74, 6) is 0.727. The van der Waals surface area contributed by atoms with E-state index in [1.165, 1.54) is 36.5 Å². The van der Waals surface area contributed by atoms with Gasteiger partial charge in [0, 0.05) is 43.1 Å². The summed E-state index contributed by atoms with van der Waals surface area (Å²) in [6, 6.07) is 6.21. The van der Waals surface area contributed by atoms with Gasteiger partial charge in [-0.1, -0.05) is 6.07 Å². The molecule has 1 fully saturated rings. The number of aromatic nitrogens is 2. The largest absolute Gasteiger partial charge is 0.365 e. The molecule has 0 radical (unpaired) electrons. The summed E-state index contributed by atoms with van der Waals surface area (Å²) in [6.45, 7) is 3.40. The van der Waals surface area contributed by atoms with E-state index in [-0.39, 0.29) is 0 Å². The van der Waals surface area contributed by atoms with E-state index in [1.807, 2.05) is 25.5 Å². The summed E-state index contributed by atoms with van der Waals surface area (Å²) in [5.41, 5.74) is 1.22. The van der Waals surface area contributed by atoms with Crippen molar-refractivity contribution in [2.75, 3.05) is 25.5 Å². The van der Waals surface area contributed by atoms with Gasteiger partial charge in [0.15, 0.2) is 5.13 Å². The Kier molecular flexibility index (Phi) is 4.83. The Balaban J connectivity index is 1.55. The van der Waals surface area contributed by atoms with Crippen LogP contribution in [0, 0.1) is 5.92 Å². The van der Waals surface area contributed by atoms with Crippen LogP contribution in [-0.2, 0) is 13.0 Å². The second kappa shape index (κ2) is 7.00. The van der Waals surface area contributed by atoms with E-state index in [0.29, 0.717) is 0 Å². The number of piperidine rings is 1. The second-order valence-electron chi connectivity index (χ2n) is 5.65. The van der Waals surface area contributed by atoms with Gasteiger partial charge >= 0.3 is 0 Å². The normalized spacial score (nSPS) is 19.6. The van der Waals surface area contributed by atoms with Crippen LogP contribution in [0.25, 0.3) is 0 Å². The fourth-order valence-corrected chi connectivity index (χ4v) is 3.80. The number of nitrogens with one attached hydrogen (secondary N) is 1. The van der Waals surface area contributed by atoms with Crippen LogP contribution in [0.5, 0.6) is 0 Å². The third-order valence-electron chi connectivity index (χ3n) is 3.97. The molecule has 1 aliphatic heterocycles. The third kappa shape index (κ3) is 4.02. The van der Waals surface area contributed by atoms with Gasteiger partial charge in [-0.15, -0.1) is 11.3 Å². The number of rotatable bonds is 5. The van der Waals surface area contributed by atoms with Crippen molar-refractivity contribution in [2.24, 2.45) is 5.92 Å². The number of hydrogen-bond acceptors (Lipinski definition) is 5. The van der Waals surface area contributed by atoms with Gasteiger partial charge in [-0.3, -0.25) is 9.88 Å². The molecule has 3 rings (SSSR count). The van der Waals surface area contributed by atoms with Crippen molar-refractivity contribution in [2.45, 2.75) is 25.8 Å². The molecule has 0 aromatic carbocycles. The second-order valence-corrected chi connectivity index (χ2v) is 6.77. The number of pyridine rings is 1. The molecule has 21 heavy (non-hydrogen) atoms. The van der Waals surface area contributed by atoms with Crippen molar-refractivity contribution in [3.8, 4) is 0 Å². The van der Waals surface area contributed by atoms with E-state index in [0.717, 1.165) is 24.0 Å². The minimum Gasteiger partial charge on any atom is -0.365 e. The summed E-state index contributed by atoms with van der Waals surface area (Å²) < 4.78 is 0. The quantitative estimate of drug-likeness (QED) is 0.922. The zero-order valence-electron chi connectivity index (χ0n) is 12.5. The molecule has 112 valence electrons. The van der Waals surface area contributed by atoms with Crippen LogP contribution in [-0.4, -0.2) is 35.0 Å². The highest BCUT2D eigenvalue weighted by Crippen LogP contribution is 2.24. The van der Waals surface area contributed by atoms with E-state index in [2.05, 4.69) is 32.3 Å². The van der Waals surface area contributed by atoms with Crippen LogP contribution in [0.4, 0.5) is 5.13 Å². The van der Waals surface area contributed by atoms with Gasteiger partial charge in [-0.25, -0.2) is 4.98 Å². The lowest BCUT2D eigenvalue weighted by Gasteiger charge is -2.32. The monoisotopic (exact) mass is 302 g/mol. The van der Waals surface area contributed by atoms with Gasteiger partial charge in [0.05, 0.1) is 0 Å². The standard InChI is InChI=1S/C16H22N4S/c1-17-16-19-10-15(21-16)12-20-8-4-5-13(11-20)9-14-6-2-3-7-18-14/h2-3,6-7,10,13H,4-5,8-9,11-12H2,1H3,(H,17,19). The summed E-state index contributed by atoms with van der Waals surface area (Å²) in [5, 5.41) is 4.11. The highest BCUT2D eigenvalue weighted by molar-refractivity contribution is 7.15. The van der Waals surface area contributed by atoms with Gasteiger partial charge in [0.1, 0.15) is 0 Å². The molecule has 0 spiro atoms. The molecule has 0 aliphatic carbocycles. The molecule has 1 atom stereocenters. The van der Waals surface area contributed by atoms with Crippen LogP contribution >= 0.6 is 11.3 Å². The first-order valence-corrected chi connectivity index (χ1v) is 8.40. The first kappa shape index (κ1) is 14.5. The molecule has 0 amide bonds. The Hall–Kier alpha value is -1.46. The van der Waals surface area contributed by atoms with Crippen molar-refractivity contribution < 1.29 is 0 Å². The van der Waals surface area contributed by atoms with Crippen LogP contribution < -0.4 is 5.32 Å². The molecule has 1 unspecified atom stereocenters. The van der Waals surface area contributed by atoms with E-state index in [1.54, 1.807) is 11.3 Å². The molecule has 5 heteroatoms. The van der Waals surface area contributed by atoms with Gasteiger partial charge in [0.25, 0.3) is 0 Å². The number of anilines is 1. The third-order valence-corrected chi connectivity index (χ3v) is 4.97. The predicted octanol–water partition coefficient (Wildman–Crippen LogP) is 3.03. The van der Waals surface area contributed by atoms with E-state index >= 15 is 0 Å². The molecule has 0 saturated carbocycles. The highest BCUT2D eigenvalue weighted by Gasteiger charge is 2.21. The summed E-state index contributed by atoms with van der Waals surface area (Å²) in [7, 11) is 1.92. The summed E-state index contributed by atoms with van der Waals surface area (Å²) in [6.07, 6.45) is 7.60. The van der Waals surface area contributed by atoms with E-state index < -0.39 is 0 Å². The topological polar surface area (TPSA) is 41.1 Å². The maximum atomic E-state index is 4.46. The average Bonchev–Trinajstić information content (AvgIpc) is 2.96. The Morgan fingerprint density at radius 3 is 3.10 bits per heavy atom. The van der Waals surface area contributed by atoms with Crippen molar-refractivity contribution in [1.82, 2.24) is 14.9 Å².